The molecule has 1 heterocycles. The molecule has 1 aliphatic heterocycles. The van der Waals surface area contributed by atoms with Gasteiger partial charge in [-0.15, -0.1) is 0 Å². The summed E-state index contributed by atoms with van der Waals surface area (Å²) >= 11 is 0. The van der Waals surface area contributed by atoms with Crippen molar-refractivity contribution in [2.24, 2.45) is 5.73 Å². The average molecular weight is 227 g/mol. The molecular weight excluding hydrogens is 206 g/mol. The normalized spacial score (nSPS) is 22.0. The summed E-state index contributed by atoms with van der Waals surface area (Å²) in [4.78, 5) is 26.4. The Labute approximate surface area is 96.6 Å². The van der Waals surface area contributed by atoms with Crippen LogP contribution in [-0.2, 0) is 9.59 Å². The van der Waals surface area contributed by atoms with Crippen LogP contribution in [0, 0.1) is 0 Å². The van der Waals surface area contributed by atoms with Crippen LogP contribution in [0.5, 0.6) is 0 Å². The van der Waals surface area contributed by atoms with Crippen molar-refractivity contribution < 1.29 is 9.59 Å². The van der Waals surface area contributed by atoms with E-state index in [4.69, 9.17) is 5.73 Å². The van der Waals surface area contributed by atoms with E-state index in [2.05, 4.69) is 0 Å². The molecule has 5 nitrogen and oxygen atoms in total. The maximum atomic E-state index is 11.8. The fraction of sp³-hybridized carbons (Fsp3) is 0.818. The van der Waals surface area contributed by atoms with Gasteiger partial charge in [0.05, 0.1) is 6.04 Å². The molecule has 2 amide bonds. The molecule has 1 rings (SSSR count). The number of likely N-dealkylation sites (N-methyl/N-ethyl adjacent to an activating group) is 1. The summed E-state index contributed by atoms with van der Waals surface area (Å²) in [5, 5.41) is 0. The number of rotatable bonds is 3. The van der Waals surface area contributed by atoms with Crippen LogP contribution >= 0.6 is 0 Å². The maximum Gasteiger partial charge on any atom is 0.239 e. The molecular formula is C11H21N3O2. The Morgan fingerprint density at radius 3 is 2.69 bits per heavy atom. The van der Waals surface area contributed by atoms with E-state index in [0.29, 0.717) is 6.54 Å². The highest BCUT2D eigenvalue weighted by Crippen LogP contribution is 2.18. The van der Waals surface area contributed by atoms with E-state index in [-0.39, 0.29) is 17.9 Å². The molecule has 1 fully saturated rings. The third-order valence-corrected chi connectivity index (χ3v) is 3.07. The molecule has 92 valence electrons. The minimum atomic E-state index is -0.455. The number of hydrogen-bond acceptors (Lipinski definition) is 3. The lowest BCUT2D eigenvalue weighted by Gasteiger charge is -2.29. The minimum absolute atomic E-state index is 0.0144. The predicted molar refractivity (Wildman–Crippen MR) is 61.7 cm³/mol. The van der Waals surface area contributed by atoms with Crippen molar-refractivity contribution in [3.8, 4) is 0 Å². The first-order chi connectivity index (χ1) is 7.43. The van der Waals surface area contributed by atoms with Crippen molar-refractivity contribution in [2.75, 3.05) is 20.1 Å². The quantitative estimate of drug-likeness (QED) is 0.726. The van der Waals surface area contributed by atoms with E-state index < -0.39 is 6.04 Å². The van der Waals surface area contributed by atoms with Gasteiger partial charge in [0.25, 0.3) is 0 Å². The molecule has 0 radical (unpaired) electrons. The molecule has 0 aliphatic carbocycles. The average Bonchev–Trinajstić information content (AvgIpc) is 2.64. The van der Waals surface area contributed by atoms with Crippen molar-refractivity contribution in [2.45, 2.75) is 38.8 Å². The fourth-order valence-corrected chi connectivity index (χ4v) is 2.02. The number of amides is 2. The zero-order chi connectivity index (χ0) is 12.3. The Morgan fingerprint density at radius 2 is 2.19 bits per heavy atom. The Balaban J connectivity index is 2.59. The van der Waals surface area contributed by atoms with Gasteiger partial charge in [0, 0.05) is 33.1 Å². The largest absolute Gasteiger partial charge is 0.344 e. The summed E-state index contributed by atoms with van der Waals surface area (Å²) in [6, 6.07) is -0.323. The summed E-state index contributed by atoms with van der Waals surface area (Å²) in [6.45, 7) is 4.60. The maximum absolute atomic E-state index is 11.8. The number of carbonyl (C=O) groups is 2. The molecule has 0 spiro atoms. The van der Waals surface area contributed by atoms with Crippen molar-refractivity contribution in [1.82, 2.24) is 9.80 Å². The fourth-order valence-electron chi connectivity index (χ4n) is 2.02. The summed E-state index contributed by atoms with van der Waals surface area (Å²) in [6.07, 6.45) is 1.95. The molecule has 2 atom stereocenters. The zero-order valence-corrected chi connectivity index (χ0v) is 10.3. The van der Waals surface area contributed by atoms with Crippen LogP contribution in [0.25, 0.3) is 0 Å². The lowest BCUT2D eigenvalue weighted by Crippen LogP contribution is -2.48. The van der Waals surface area contributed by atoms with Gasteiger partial charge in [0.1, 0.15) is 0 Å². The first-order valence-electron chi connectivity index (χ1n) is 5.71. The molecule has 0 aromatic heterocycles. The second-order valence-corrected chi connectivity index (χ2v) is 4.52. The van der Waals surface area contributed by atoms with E-state index in [0.717, 1.165) is 19.4 Å². The SMILES string of the molecule is CC(=O)N(C)CC1CCCN1C(=O)C(C)N. The van der Waals surface area contributed by atoms with Crippen molar-refractivity contribution in [1.29, 1.82) is 0 Å². The van der Waals surface area contributed by atoms with Crippen molar-refractivity contribution in [3.05, 3.63) is 0 Å². The lowest BCUT2D eigenvalue weighted by atomic mass is 10.2. The number of nitrogens with two attached hydrogens (primary N) is 1. The van der Waals surface area contributed by atoms with Gasteiger partial charge in [-0.1, -0.05) is 0 Å². The van der Waals surface area contributed by atoms with E-state index in [1.54, 1.807) is 18.9 Å². The summed E-state index contributed by atoms with van der Waals surface area (Å²) in [7, 11) is 1.76. The van der Waals surface area contributed by atoms with Gasteiger partial charge in [-0.25, -0.2) is 0 Å². The number of hydrogen-bond donors (Lipinski definition) is 1. The molecule has 2 N–H and O–H groups in total. The van der Waals surface area contributed by atoms with E-state index in [9.17, 15) is 9.59 Å². The van der Waals surface area contributed by atoms with Gasteiger partial charge in [-0.05, 0) is 19.8 Å². The molecule has 2 unspecified atom stereocenters. The van der Waals surface area contributed by atoms with Gasteiger partial charge in [0.15, 0.2) is 0 Å². The molecule has 1 aliphatic rings. The monoisotopic (exact) mass is 227 g/mol. The molecule has 16 heavy (non-hydrogen) atoms. The van der Waals surface area contributed by atoms with Gasteiger partial charge in [0.2, 0.25) is 11.8 Å². The van der Waals surface area contributed by atoms with E-state index in [1.165, 1.54) is 6.92 Å². The third-order valence-electron chi connectivity index (χ3n) is 3.07. The second kappa shape index (κ2) is 5.30. The Hall–Kier alpha value is -1.10. The van der Waals surface area contributed by atoms with Crippen LogP contribution in [0.1, 0.15) is 26.7 Å². The molecule has 0 bridgehead atoms. The molecule has 5 heteroatoms. The number of nitrogens with zero attached hydrogens (tertiary/aromatic N) is 2. The van der Waals surface area contributed by atoms with Crippen LogP contribution in [0.15, 0.2) is 0 Å². The van der Waals surface area contributed by atoms with Gasteiger partial charge in [-0.3, -0.25) is 9.59 Å². The van der Waals surface area contributed by atoms with Gasteiger partial charge >= 0.3 is 0 Å². The predicted octanol–water partition coefficient (Wildman–Crippen LogP) is -0.197. The minimum Gasteiger partial charge on any atom is -0.344 e. The summed E-state index contributed by atoms with van der Waals surface area (Å²) in [5.74, 6) is 0.0135. The summed E-state index contributed by atoms with van der Waals surface area (Å²) in [5.41, 5.74) is 5.60. The van der Waals surface area contributed by atoms with Crippen molar-refractivity contribution >= 4 is 11.8 Å². The highest BCUT2D eigenvalue weighted by Gasteiger charge is 2.31. The third kappa shape index (κ3) is 2.95. The van der Waals surface area contributed by atoms with Crippen LogP contribution in [0.4, 0.5) is 0 Å². The molecule has 0 saturated carbocycles. The smallest absolute Gasteiger partial charge is 0.239 e. The Kier molecular flexibility index (Phi) is 4.29. The van der Waals surface area contributed by atoms with Crippen molar-refractivity contribution in [3.63, 3.8) is 0 Å². The molecule has 1 saturated heterocycles. The number of likely N-dealkylation sites (tertiary alicyclic amines) is 1. The van der Waals surface area contributed by atoms with Gasteiger partial charge < -0.3 is 15.5 Å². The zero-order valence-electron chi connectivity index (χ0n) is 10.3. The topological polar surface area (TPSA) is 66.6 Å². The first kappa shape index (κ1) is 13.0. The highest BCUT2D eigenvalue weighted by molar-refractivity contribution is 5.82. The summed E-state index contributed by atoms with van der Waals surface area (Å²) < 4.78 is 0. The Bertz CT molecular complexity index is 278. The lowest BCUT2D eigenvalue weighted by molar-refractivity contribution is -0.135. The highest BCUT2D eigenvalue weighted by atomic mass is 16.2. The van der Waals surface area contributed by atoms with E-state index in [1.807, 2.05) is 4.90 Å². The van der Waals surface area contributed by atoms with Gasteiger partial charge in [-0.2, -0.15) is 0 Å². The van der Waals surface area contributed by atoms with Crippen LogP contribution in [-0.4, -0.2) is 53.8 Å². The van der Waals surface area contributed by atoms with Crippen LogP contribution in [0.3, 0.4) is 0 Å². The molecule has 0 aromatic carbocycles. The first-order valence-corrected chi connectivity index (χ1v) is 5.71. The standard InChI is InChI=1S/C11H21N3O2/c1-8(12)11(16)14-6-4-5-10(14)7-13(3)9(2)15/h8,10H,4-7,12H2,1-3H3. The van der Waals surface area contributed by atoms with Crippen LogP contribution in [0.2, 0.25) is 0 Å². The van der Waals surface area contributed by atoms with E-state index >= 15 is 0 Å². The van der Waals surface area contributed by atoms with Crippen LogP contribution < -0.4 is 5.73 Å². The molecule has 0 aromatic rings. The Morgan fingerprint density at radius 1 is 1.56 bits per heavy atom. The second-order valence-electron chi connectivity index (χ2n) is 4.52. The number of carbonyl (C=O) groups excluding carboxylic acids is 2.